The van der Waals surface area contributed by atoms with Crippen molar-refractivity contribution in [3.05, 3.63) is 136 Å². The van der Waals surface area contributed by atoms with Crippen LogP contribution in [-0.4, -0.2) is 11.3 Å². The predicted octanol–water partition coefficient (Wildman–Crippen LogP) is 11.1. The molecular formula is C48H43BN2O. The summed E-state index contributed by atoms with van der Waals surface area (Å²) in [4.78, 5) is 3.65. The smallest absolute Gasteiger partial charge is 0.256 e. The van der Waals surface area contributed by atoms with Crippen LogP contribution in [0.3, 0.4) is 0 Å². The lowest BCUT2D eigenvalue weighted by Gasteiger charge is -2.35. The lowest BCUT2D eigenvalue weighted by Crippen LogP contribution is -2.58. The molecule has 0 aliphatic carbocycles. The number of rotatable bonds is 2. The van der Waals surface area contributed by atoms with E-state index in [1.807, 2.05) is 12.1 Å². The van der Waals surface area contributed by atoms with Crippen LogP contribution >= 0.6 is 0 Å². The first-order valence-electron chi connectivity index (χ1n) is 18.4. The first-order chi connectivity index (χ1) is 24.7. The predicted molar refractivity (Wildman–Crippen MR) is 221 cm³/mol. The zero-order valence-electron chi connectivity index (χ0n) is 31.6. The molecule has 0 N–H and O–H groups in total. The Balaban J connectivity index is 1.41. The highest BCUT2D eigenvalue weighted by molar-refractivity contribution is 6.99. The van der Waals surface area contributed by atoms with Gasteiger partial charge in [0.25, 0.3) is 6.71 Å². The van der Waals surface area contributed by atoms with Gasteiger partial charge >= 0.3 is 0 Å². The Morgan fingerprint density at radius 1 is 0.615 bits per heavy atom. The van der Waals surface area contributed by atoms with Gasteiger partial charge in [0.15, 0.2) is 5.69 Å². The topological polar surface area (TPSA) is 18.5 Å². The first kappa shape index (κ1) is 32.4. The molecule has 0 amide bonds. The van der Waals surface area contributed by atoms with E-state index < -0.39 is 0 Å². The van der Waals surface area contributed by atoms with Crippen LogP contribution in [0.4, 0.5) is 5.69 Å². The van der Waals surface area contributed by atoms with Crippen molar-refractivity contribution < 1.29 is 4.74 Å². The number of benzene rings is 6. The second-order valence-electron chi connectivity index (χ2n) is 17.2. The Morgan fingerprint density at radius 3 is 1.96 bits per heavy atom. The number of fused-ring (bicyclic) bond motifs is 7. The van der Waals surface area contributed by atoms with Crippen molar-refractivity contribution in [2.75, 3.05) is 0 Å². The minimum atomic E-state index is -0.0445. The molecular weight excluding hydrogens is 631 g/mol. The quantitative estimate of drug-likeness (QED) is 0.132. The molecule has 6 aromatic carbocycles. The zero-order chi connectivity index (χ0) is 36.4. The molecule has 0 bridgehead atoms. The maximum absolute atomic E-state index is 7.51. The van der Waals surface area contributed by atoms with E-state index in [2.05, 4.69) is 157 Å². The Labute approximate surface area is 307 Å². The molecule has 4 heteroatoms. The van der Waals surface area contributed by atoms with Gasteiger partial charge < -0.3 is 9.30 Å². The third-order valence-corrected chi connectivity index (χ3v) is 11.4. The van der Waals surface area contributed by atoms with E-state index in [1.165, 1.54) is 77.1 Å². The normalized spacial score (nSPS) is 13.2. The SMILES string of the molecule is [C-]#[N+]c1ccc(-c2cc3c4c(c2)-n2c5ccc(C(C)(C)C)cc5c5cc(C(C)(C)C)cc(c52)B4c2cc(-c4c(C)cc(C)cc4C)ccc2O3)cc1. The Hall–Kier alpha value is -5.53. The van der Waals surface area contributed by atoms with Gasteiger partial charge in [-0.15, -0.1) is 0 Å². The van der Waals surface area contributed by atoms with E-state index in [1.54, 1.807) is 0 Å². The summed E-state index contributed by atoms with van der Waals surface area (Å²) >= 11 is 0. The lowest BCUT2D eigenvalue weighted by molar-refractivity contribution is 0.487. The molecule has 7 aromatic rings. The lowest BCUT2D eigenvalue weighted by atomic mass is 9.34. The summed E-state index contributed by atoms with van der Waals surface area (Å²) < 4.78 is 9.51. The third kappa shape index (κ3) is 4.79. The van der Waals surface area contributed by atoms with E-state index in [4.69, 9.17) is 11.3 Å². The monoisotopic (exact) mass is 674 g/mol. The Bertz CT molecular complexity index is 2690. The van der Waals surface area contributed by atoms with Gasteiger partial charge in [0.1, 0.15) is 11.5 Å². The standard InChI is InChI=1S/C48H43BN2O/c1-27-19-28(2)44(29(3)20-27)31-13-18-42-38(21-31)49-39-26-34(48(7,8)9)25-37-36-24-33(47(4,5)6)14-17-40(36)51(46(37)39)41-22-32(23-43(52-42)45(41)49)30-11-15-35(50-10)16-12-30/h11-26H,1-9H3. The van der Waals surface area contributed by atoms with E-state index in [-0.39, 0.29) is 17.5 Å². The average molecular weight is 675 g/mol. The number of nitrogens with zero attached hydrogens (tertiary/aromatic N) is 2. The molecule has 2 aliphatic heterocycles. The van der Waals surface area contributed by atoms with Crippen molar-refractivity contribution in [2.45, 2.75) is 73.1 Å². The number of aromatic nitrogens is 1. The number of ether oxygens (including phenoxy) is 1. The third-order valence-electron chi connectivity index (χ3n) is 11.4. The van der Waals surface area contributed by atoms with Crippen molar-refractivity contribution in [1.29, 1.82) is 0 Å². The highest BCUT2D eigenvalue weighted by Crippen LogP contribution is 2.43. The Kier molecular flexibility index (Phi) is 6.84. The van der Waals surface area contributed by atoms with Crippen molar-refractivity contribution in [3.63, 3.8) is 0 Å². The fourth-order valence-corrected chi connectivity index (χ4v) is 8.87. The molecule has 3 heterocycles. The van der Waals surface area contributed by atoms with Crippen molar-refractivity contribution in [1.82, 2.24) is 4.57 Å². The summed E-state index contributed by atoms with van der Waals surface area (Å²) in [5, 5.41) is 2.59. The van der Waals surface area contributed by atoms with Crippen molar-refractivity contribution in [2.24, 2.45) is 0 Å². The maximum atomic E-state index is 7.51. The molecule has 2 aliphatic rings. The largest absolute Gasteiger partial charge is 0.458 e. The van der Waals surface area contributed by atoms with Gasteiger partial charge in [-0.25, -0.2) is 4.85 Å². The maximum Gasteiger partial charge on any atom is 0.256 e. The summed E-state index contributed by atoms with van der Waals surface area (Å²) in [6, 6.07) is 35.9. The van der Waals surface area contributed by atoms with Crippen LogP contribution in [0.15, 0.2) is 97.1 Å². The number of hydrogen-bond donors (Lipinski definition) is 0. The van der Waals surface area contributed by atoms with Crippen LogP contribution in [0.5, 0.6) is 11.5 Å². The highest BCUT2D eigenvalue weighted by atomic mass is 16.5. The van der Waals surface area contributed by atoms with Gasteiger partial charge in [-0.2, -0.15) is 0 Å². The number of hydrogen-bond acceptors (Lipinski definition) is 1. The summed E-state index contributed by atoms with van der Waals surface area (Å²) in [5.41, 5.74) is 19.2. The molecule has 0 atom stereocenters. The molecule has 0 unspecified atom stereocenters. The van der Waals surface area contributed by atoms with Gasteiger partial charge in [-0.1, -0.05) is 108 Å². The molecule has 0 fully saturated rings. The van der Waals surface area contributed by atoms with Crippen molar-refractivity contribution >= 4 is 50.6 Å². The summed E-state index contributed by atoms with van der Waals surface area (Å²) in [6.07, 6.45) is 0. The molecule has 254 valence electrons. The minimum absolute atomic E-state index is 0.0120. The van der Waals surface area contributed by atoms with Crippen LogP contribution in [0.2, 0.25) is 0 Å². The zero-order valence-corrected chi connectivity index (χ0v) is 31.6. The fraction of sp³-hybridized carbons (Fsp3) is 0.229. The number of aryl methyl sites for hydroxylation is 3. The Morgan fingerprint density at radius 2 is 1.29 bits per heavy atom. The van der Waals surface area contributed by atoms with Gasteiger partial charge in [0.05, 0.1) is 12.1 Å². The van der Waals surface area contributed by atoms with Crippen LogP contribution in [0.25, 0.3) is 54.6 Å². The fourth-order valence-electron chi connectivity index (χ4n) is 8.87. The van der Waals surface area contributed by atoms with E-state index >= 15 is 0 Å². The molecule has 3 nitrogen and oxygen atoms in total. The minimum Gasteiger partial charge on any atom is -0.458 e. The second-order valence-corrected chi connectivity index (χ2v) is 17.2. The molecule has 0 saturated carbocycles. The van der Waals surface area contributed by atoms with Crippen molar-refractivity contribution in [3.8, 4) is 39.4 Å². The van der Waals surface area contributed by atoms with Gasteiger partial charge in [-0.05, 0) is 129 Å². The molecule has 52 heavy (non-hydrogen) atoms. The second kappa shape index (κ2) is 11.0. The van der Waals surface area contributed by atoms with Crippen LogP contribution < -0.4 is 21.1 Å². The van der Waals surface area contributed by atoms with Crippen LogP contribution in [0.1, 0.15) is 69.4 Å². The van der Waals surface area contributed by atoms with E-state index in [0.29, 0.717) is 5.69 Å². The van der Waals surface area contributed by atoms with Crippen LogP contribution in [-0.2, 0) is 10.8 Å². The van der Waals surface area contributed by atoms with Crippen LogP contribution in [0, 0.1) is 27.3 Å². The van der Waals surface area contributed by atoms with Gasteiger partial charge in [0.2, 0.25) is 0 Å². The summed E-state index contributed by atoms with van der Waals surface area (Å²) in [5.74, 6) is 1.80. The summed E-state index contributed by atoms with van der Waals surface area (Å²) in [6.45, 7) is 28.0. The highest BCUT2D eigenvalue weighted by Gasteiger charge is 2.42. The first-order valence-corrected chi connectivity index (χ1v) is 18.4. The molecule has 1 aromatic heterocycles. The van der Waals surface area contributed by atoms with E-state index in [9.17, 15) is 0 Å². The van der Waals surface area contributed by atoms with Gasteiger partial charge in [-0.3, -0.25) is 0 Å². The summed E-state index contributed by atoms with van der Waals surface area (Å²) in [7, 11) is 0. The van der Waals surface area contributed by atoms with Gasteiger partial charge in [0, 0.05) is 22.0 Å². The molecule has 0 spiro atoms. The molecule has 0 radical (unpaired) electrons. The average Bonchev–Trinajstić information content (AvgIpc) is 3.43. The molecule has 0 saturated heterocycles. The molecule has 9 rings (SSSR count). The van der Waals surface area contributed by atoms with E-state index in [0.717, 1.165) is 28.3 Å².